The molecule has 0 spiro atoms. The lowest BCUT2D eigenvalue weighted by Gasteiger charge is -2.37. The van der Waals surface area contributed by atoms with Crippen molar-refractivity contribution in [2.24, 2.45) is 0 Å². The second-order valence-electron chi connectivity index (χ2n) is 4.90. The minimum Gasteiger partial charge on any atom is -0.480 e. The Labute approximate surface area is 122 Å². The van der Waals surface area contributed by atoms with Crippen LogP contribution in [-0.4, -0.2) is 28.9 Å². The van der Waals surface area contributed by atoms with Gasteiger partial charge in [-0.05, 0) is 44.9 Å². The number of rotatable bonds is 4. The Balaban J connectivity index is 2.10. The molecule has 0 radical (unpaired) electrons. The van der Waals surface area contributed by atoms with E-state index in [9.17, 15) is 9.90 Å². The van der Waals surface area contributed by atoms with Crippen molar-refractivity contribution in [2.75, 3.05) is 7.05 Å². The van der Waals surface area contributed by atoms with Gasteiger partial charge in [0.05, 0.1) is 5.02 Å². The first-order valence-electron chi connectivity index (χ1n) is 6.41. The molecule has 1 saturated carbocycles. The fraction of sp³-hybridized carbons (Fsp3) is 0.500. The van der Waals surface area contributed by atoms with Gasteiger partial charge in [-0.3, -0.25) is 4.79 Å². The van der Waals surface area contributed by atoms with E-state index in [4.69, 9.17) is 11.6 Å². The Morgan fingerprint density at radius 3 is 2.89 bits per heavy atom. The van der Waals surface area contributed by atoms with Crippen LogP contribution in [0.1, 0.15) is 25.7 Å². The molecule has 2 rings (SSSR count). The van der Waals surface area contributed by atoms with Crippen LogP contribution >= 0.6 is 23.4 Å². The summed E-state index contributed by atoms with van der Waals surface area (Å²) in [6.45, 7) is 0. The molecular weight excluding hydrogens is 282 g/mol. The molecule has 0 heterocycles. The number of benzene rings is 1. The fourth-order valence-electron chi connectivity index (χ4n) is 2.57. The molecule has 3 nitrogen and oxygen atoms in total. The zero-order chi connectivity index (χ0) is 13.9. The molecule has 1 aliphatic rings. The average Bonchev–Trinajstić information content (AvgIpc) is 2.41. The second-order valence-corrected chi connectivity index (χ2v) is 6.65. The molecule has 0 aromatic heterocycles. The Bertz CT molecular complexity index is 469. The van der Waals surface area contributed by atoms with Gasteiger partial charge < -0.3 is 10.4 Å². The van der Waals surface area contributed by atoms with E-state index in [1.807, 2.05) is 24.3 Å². The molecule has 0 aliphatic heterocycles. The van der Waals surface area contributed by atoms with Crippen molar-refractivity contribution in [3.05, 3.63) is 29.3 Å². The first-order chi connectivity index (χ1) is 9.07. The van der Waals surface area contributed by atoms with Crippen LogP contribution in [-0.2, 0) is 4.79 Å². The highest BCUT2D eigenvalue weighted by Gasteiger charge is 2.41. The third-order valence-corrected chi connectivity index (χ3v) is 5.51. The van der Waals surface area contributed by atoms with E-state index in [1.165, 1.54) is 0 Å². The van der Waals surface area contributed by atoms with Gasteiger partial charge in [0, 0.05) is 10.1 Å². The molecule has 2 unspecified atom stereocenters. The van der Waals surface area contributed by atoms with E-state index < -0.39 is 11.5 Å². The molecule has 0 saturated heterocycles. The number of aliphatic carboxylic acids is 1. The predicted octanol–water partition coefficient (Wildman–Crippen LogP) is 3.42. The minimum atomic E-state index is -0.781. The van der Waals surface area contributed by atoms with Crippen molar-refractivity contribution in [3.8, 4) is 0 Å². The smallest absolute Gasteiger partial charge is 0.323 e. The topological polar surface area (TPSA) is 49.3 Å². The third kappa shape index (κ3) is 3.25. The van der Waals surface area contributed by atoms with Crippen molar-refractivity contribution in [2.45, 2.75) is 41.4 Å². The van der Waals surface area contributed by atoms with Gasteiger partial charge in [-0.2, -0.15) is 0 Å². The summed E-state index contributed by atoms with van der Waals surface area (Å²) in [5, 5.41) is 13.5. The predicted molar refractivity (Wildman–Crippen MR) is 79.0 cm³/mol. The third-order valence-electron chi connectivity index (χ3n) is 3.72. The molecule has 1 aromatic rings. The molecule has 2 atom stereocenters. The van der Waals surface area contributed by atoms with E-state index in [2.05, 4.69) is 5.32 Å². The van der Waals surface area contributed by atoms with Gasteiger partial charge >= 0.3 is 5.97 Å². The summed E-state index contributed by atoms with van der Waals surface area (Å²) < 4.78 is 0. The summed E-state index contributed by atoms with van der Waals surface area (Å²) in [6, 6.07) is 7.72. The lowest BCUT2D eigenvalue weighted by Crippen LogP contribution is -2.53. The number of carboxylic acid groups (broad SMARTS) is 1. The van der Waals surface area contributed by atoms with Crippen LogP contribution in [0.3, 0.4) is 0 Å². The number of carbonyl (C=O) groups is 1. The molecular formula is C14H18ClNO2S. The summed E-state index contributed by atoms with van der Waals surface area (Å²) in [5.74, 6) is -0.751. The standard InChI is InChI=1S/C14H18ClNO2S/c1-16-14(13(17)18)8-4-5-10(9-14)19-12-7-3-2-6-11(12)15/h2-3,6-7,10,16H,4-5,8-9H2,1H3,(H,17,18). The molecule has 5 heteroatoms. The largest absolute Gasteiger partial charge is 0.480 e. The van der Waals surface area contributed by atoms with Crippen LogP contribution in [0.5, 0.6) is 0 Å². The van der Waals surface area contributed by atoms with Crippen molar-refractivity contribution in [1.82, 2.24) is 5.32 Å². The number of hydrogen-bond donors (Lipinski definition) is 2. The number of nitrogens with one attached hydrogen (secondary N) is 1. The van der Waals surface area contributed by atoms with E-state index in [-0.39, 0.29) is 5.25 Å². The Morgan fingerprint density at radius 1 is 1.53 bits per heavy atom. The molecule has 19 heavy (non-hydrogen) atoms. The fourth-order valence-corrected chi connectivity index (χ4v) is 4.19. The SMILES string of the molecule is CNC1(C(=O)O)CCCC(Sc2ccccc2Cl)C1. The van der Waals surface area contributed by atoms with Crippen LogP contribution in [0.15, 0.2) is 29.2 Å². The summed E-state index contributed by atoms with van der Waals surface area (Å²) >= 11 is 7.85. The zero-order valence-electron chi connectivity index (χ0n) is 10.9. The summed E-state index contributed by atoms with van der Waals surface area (Å²) in [5.41, 5.74) is -0.781. The Morgan fingerprint density at radius 2 is 2.26 bits per heavy atom. The lowest BCUT2D eigenvalue weighted by molar-refractivity contribution is -0.146. The van der Waals surface area contributed by atoms with E-state index in [1.54, 1.807) is 18.8 Å². The van der Waals surface area contributed by atoms with Crippen LogP contribution in [0.4, 0.5) is 0 Å². The monoisotopic (exact) mass is 299 g/mol. The van der Waals surface area contributed by atoms with Gasteiger partial charge in [0.15, 0.2) is 0 Å². The van der Waals surface area contributed by atoms with Crippen molar-refractivity contribution >= 4 is 29.3 Å². The highest BCUT2D eigenvalue weighted by molar-refractivity contribution is 8.00. The molecule has 104 valence electrons. The lowest BCUT2D eigenvalue weighted by atomic mass is 9.81. The number of hydrogen-bond acceptors (Lipinski definition) is 3. The number of carboxylic acids is 1. The van der Waals surface area contributed by atoms with Crippen LogP contribution in [0, 0.1) is 0 Å². The number of likely N-dealkylation sites (N-methyl/N-ethyl adjacent to an activating group) is 1. The minimum absolute atomic E-state index is 0.289. The molecule has 1 aromatic carbocycles. The molecule has 0 bridgehead atoms. The first-order valence-corrected chi connectivity index (χ1v) is 7.67. The van der Waals surface area contributed by atoms with E-state index in [0.29, 0.717) is 12.8 Å². The number of thioether (sulfide) groups is 1. The van der Waals surface area contributed by atoms with Gasteiger partial charge in [-0.25, -0.2) is 0 Å². The molecule has 1 fully saturated rings. The summed E-state index contributed by atoms with van der Waals surface area (Å²) in [7, 11) is 1.73. The maximum absolute atomic E-state index is 11.5. The maximum Gasteiger partial charge on any atom is 0.323 e. The van der Waals surface area contributed by atoms with Crippen LogP contribution < -0.4 is 5.32 Å². The first kappa shape index (κ1) is 14.7. The van der Waals surface area contributed by atoms with Crippen molar-refractivity contribution in [3.63, 3.8) is 0 Å². The van der Waals surface area contributed by atoms with E-state index >= 15 is 0 Å². The zero-order valence-corrected chi connectivity index (χ0v) is 12.4. The van der Waals surface area contributed by atoms with Crippen LogP contribution in [0.25, 0.3) is 0 Å². The maximum atomic E-state index is 11.5. The summed E-state index contributed by atoms with van der Waals surface area (Å²) in [6.07, 6.45) is 3.29. The molecule has 1 aliphatic carbocycles. The Hall–Kier alpha value is -0.710. The van der Waals surface area contributed by atoms with Crippen LogP contribution in [0.2, 0.25) is 5.02 Å². The van der Waals surface area contributed by atoms with Crippen molar-refractivity contribution < 1.29 is 9.90 Å². The Kier molecular flexibility index (Phi) is 4.76. The van der Waals surface area contributed by atoms with E-state index in [0.717, 1.165) is 22.8 Å². The quantitative estimate of drug-likeness (QED) is 0.894. The molecule has 0 amide bonds. The van der Waals surface area contributed by atoms with Gasteiger partial charge in [-0.1, -0.05) is 23.7 Å². The molecule has 2 N–H and O–H groups in total. The van der Waals surface area contributed by atoms with Gasteiger partial charge in [0.25, 0.3) is 0 Å². The van der Waals surface area contributed by atoms with Gasteiger partial charge in [0.1, 0.15) is 5.54 Å². The van der Waals surface area contributed by atoms with Gasteiger partial charge in [0.2, 0.25) is 0 Å². The average molecular weight is 300 g/mol. The van der Waals surface area contributed by atoms with Crippen molar-refractivity contribution in [1.29, 1.82) is 0 Å². The highest BCUT2D eigenvalue weighted by Crippen LogP contribution is 2.40. The second kappa shape index (κ2) is 6.16. The normalized spacial score (nSPS) is 27.2. The van der Waals surface area contributed by atoms with Gasteiger partial charge in [-0.15, -0.1) is 11.8 Å². The highest BCUT2D eigenvalue weighted by atomic mass is 35.5. The number of halogens is 1. The summed E-state index contributed by atoms with van der Waals surface area (Å²) in [4.78, 5) is 12.5.